The van der Waals surface area contributed by atoms with Gasteiger partial charge in [0.05, 0.1) is 15.5 Å². The summed E-state index contributed by atoms with van der Waals surface area (Å²) in [6.45, 7) is -0.682. The van der Waals surface area contributed by atoms with Crippen molar-refractivity contribution in [2.75, 3.05) is 10.8 Å². The van der Waals surface area contributed by atoms with Gasteiger partial charge < -0.3 is 0 Å². The number of sulfonamides is 1. The van der Waals surface area contributed by atoms with Crippen LogP contribution in [0.3, 0.4) is 0 Å². The number of nitrogens with zero attached hydrogens (tertiary/aromatic N) is 2. The van der Waals surface area contributed by atoms with E-state index in [0.29, 0.717) is 4.31 Å². The average molecular weight is 419 g/mol. The van der Waals surface area contributed by atoms with Gasteiger partial charge in [0, 0.05) is 22.2 Å². The lowest BCUT2D eigenvalue weighted by atomic mass is 10.3. The third-order valence-electron chi connectivity index (χ3n) is 3.20. The van der Waals surface area contributed by atoms with E-state index >= 15 is 0 Å². The maximum absolute atomic E-state index is 13.0. The molecule has 2 rings (SSSR count). The molecule has 0 heterocycles. The minimum Gasteiger partial charge on any atom is -0.293 e. The van der Waals surface area contributed by atoms with Crippen LogP contribution >= 0.6 is 23.2 Å². The van der Waals surface area contributed by atoms with Crippen LogP contribution in [0, 0.1) is 10.1 Å². The molecule has 2 aromatic carbocycles. The Balaban J connectivity index is 2.61. The second-order valence-corrected chi connectivity index (χ2v) is 7.70. The fourth-order valence-electron chi connectivity index (χ4n) is 2.06. The molecule has 0 unspecified atom stereocenters. The third kappa shape index (κ3) is 4.41. The van der Waals surface area contributed by atoms with Gasteiger partial charge in [-0.2, -0.15) is 0 Å². The molecule has 0 bridgehead atoms. The predicted octanol–water partition coefficient (Wildman–Crippen LogP) is 2.09. The lowest BCUT2D eigenvalue weighted by molar-refractivity contribution is -0.385. The highest BCUT2D eigenvalue weighted by molar-refractivity contribution is 7.92. The fourth-order valence-corrected chi connectivity index (χ4v) is 4.02. The van der Waals surface area contributed by atoms with Crippen LogP contribution in [0.25, 0.3) is 0 Å². The number of hydrogen-bond donors (Lipinski definition) is 2. The van der Waals surface area contributed by atoms with Crippen molar-refractivity contribution < 1.29 is 18.1 Å². The largest absolute Gasteiger partial charge is 0.293 e. The van der Waals surface area contributed by atoms with E-state index in [-0.39, 0.29) is 20.6 Å². The molecule has 0 aliphatic carbocycles. The first-order valence-corrected chi connectivity index (χ1v) is 9.07. The standard InChI is InChI=1S/C14H12Cl2N4O5S/c15-9-4-10(16)6-12(5-9)19(8-14(21)18-17)26(24,25)13-3-1-2-11(7-13)20(22)23/h1-7H,8,17H2,(H,18,21). The summed E-state index contributed by atoms with van der Waals surface area (Å²) in [6, 6.07) is 8.37. The fraction of sp³-hybridized carbons (Fsp3) is 0.0714. The van der Waals surface area contributed by atoms with Crippen LogP contribution in [-0.4, -0.2) is 25.8 Å². The van der Waals surface area contributed by atoms with E-state index in [1.54, 1.807) is 0 Å². The maximum Gasteiger partial charge on any atom is 0.270 e. The van der Waals surface area contributed by atoms with Gasteiger partial charge in [-0.15, -0.1) is 0 Å². The molecule has 0 saturated heterocycles. The summed E-state index contributed by atoms with van der Waals surface area (Å²) in [6.07, 6.45) is 0. The number of rotatable bonds is 6. The molecule has 138 valence electrons. The summed E-state index contributed by atoms with van der Waals surface area (Å²) in [5.74, 6) is 4.23. The number of non-ortho nitro benzene ring substituents is 1. The molecule has 0 fully saturated rings. The average Bonchev–Trinajstić information content (AvgIpc) is 2.58. The van der Waals surface area contributed by atoms with E-state index in [0.717, 1.165) is 12.1 Å². The van der Waals surface area contributed by atoms with Gasteiger partial charge in [-0.25, -0.2) is 14.3 Å². The zero-order chi connectivity index (χ0) is 19.5. The molecule has 0 aliphatic heterocycles. The summed E-state index contributed by atoms with van der Waals surface area (Å²) in [5, 5.41) is 11.2. The lowest BCUT2D eigenvalue weighted by Crippen LogP contribution is -2.43. The van der Waals surface area contributed by atoms with E-state index in [1.165, 1.54) is 30.3 Å². The van der Waals surface area contributed by atoms with Gasteiger partial charge in [0.15, 0.2) is 0 Å². The molecule has 2 aromatic rings. The number of halogens is 2. The van der Waals surface area contributed by atoms with E-state index in [9.17, 15) is 23.3 Å². The number of nitrogens with two attached hydrogens (primary N) is 1. The molecule has 12 heteroatoms. The van der Waals surface area contributed by atoms with Crippen LogP contribution in [0.1, 0.15) is 0 Å². The Morgan fingerprint density at radius 1 is 1.19 bits per heavy atom. The highest BCUT2D eigenvalue weighted by Crippen LogP contribution is 2.30. The minimum atomic E-state index is -4.35. The molecule has 0 radical (unpaired) electrons. The molecule has 0 saturated carbocycles. The van der Waals surface area contributed by atoms with Crippen molar-refractivity contribution in [1.82, 2.24) is 5.43 Å². The molecular weight excluding hydrogens is 407 g/mol. The predicted molar refractivity (Wildman–Crippen MR) is 96.4 cm³/mol. The Bertz CT molecular complexity index is 947. The van der Waals surface area contributed by atoms with Crippen LogP contribution in [0.4, 0.5) is 11.4 Å². The summed E-state index contributed by atoms with van der Waals surface area (Å²) < 4.78 is 26.7. The number of amides is 1. The van der Waals surface area contributed by atoms with Crippen LogP contribution in [0.5, 0.6) is 0 Å². The summed E-state index contributed by atoms with van der Waals surface area (Å²) in [7, 11) is -4.35. The van der Waals surface area contributed by atoms with Gasteiger partial charge in [-0.05, 0) is 24.3 Å². The second kappa shape index (κ2) is 7.87. The zero-order valence-electron chi connectivity index (χ0n) is 12.9. The van der Waals surface area contributed by atoms with E-state index in [1.807, 2.05) is 5.43 Å². The monoisotopic (exact) mass is 418 g/mol. The topological polar surface area (TPSA) is 136 Å². The maximum atomic E-state index is 13.0. The molecule has 3 N–H and O–H groups in total. The molecule has 9 nitrogen and oxygen atoms in total. The number of carbonyl (C=O) groups excluding carboxylic acids is 1. The smallest absolute Gasteiger partial charge is 0.270 e. The lowest BCUT2D eigenvalue weighted by Gasteiger charge is -2.24. The number of nitro groups is 1. The number of benzene rings is 2. The van der Waals surface area contributed by atoms with Crippen molar-refractivity contribution in [2.24, 2.45) is 5.84 Å². The third-order valence-corrected chi connectivity index (χ3v) is 5.41. The molecule has 0 aliphatic rings. The molecule has 26 heavy (non-hydrogen) atoms. The number of hydrazine groups is 1. The molecule has 0 atom stereocenters. The van der Waals surface area contributed by atoms with Gasteiger partial charge >= 0.3 is 0 Å². The Morgan fingerprint density at radius 2 is 1.81 bits per heavy atom. The normalized spacial score (nSPS) is 11.0. The number of nitro benzene ring substituents is 1. The quantitative estimate of drug-likeness (QED) is 0.319. The van der Waals surface area contributed by atoms with Gasteiger partial charge in [-0.3, -0.25) is 24.6 Å². The van der Waals surface area contributed by atoms with Crippen molar-refractivity contribution in [1.29, 1.82) is 0 Å². The molecule has 1 amide bonds. The van der Waals surface area contributed by atoms with Crippen molar-refractivity contribution >= 4 is 50.5 Å². The Morgan fingerprint density at radius 3 is 2.35 bits per heavy atom. The molecular formula is C14H12Cl2N4O5S. The first kappa shape index (κ1) is 19.9. The van der Waals surface area contributed by atoms with Gasteiger partial charge in [0.1, 0.15) is 6.54 Å². The molecule has 0 spiro atoms. The minimum absolute atomic E-state index is 0.00222. The van der Waals surface area contributed by atoms with Gasteiger partial charge in [0.2, 0.25) is 0 Å². The van der Waals surface area contributed by atoms with Gasteiger partial charge in [0.25, 0.3) is 21.6 Å². The van der Waals surface area contributed by atoms with E-state index in [4.69, 9.17) is 29.0 Å². The number of anilines is 1. The Labute approximate surface area is 158 Å². The highest BCUT2D eigenvalue weighted by atomic mass is 35.5. The molecule has 0 aromatic heterocycles. The van der Waals surface area contributed by atoms with Crippen LogP contribution in [-0.2, 0) is 14.8 Å². The Kier molecular flexibility index (Phi) is 6.03. The first-order valence-electron chi connectivity index (χ1n) is 6.88. The van der Waals surface area contributed by atoms with Crippen molar-refractivity contribution in [3.63, 3.8) is 0 Å². The van der Waals surface area contributed by atoms with Crippen LogP contribution in [0.2, 0.25) is 10.0 Å². The van der Waals surface area contributed by atoms with E-state index in [2.05, 4.69) is 0 Å². The zero-order valence-corrected chi connectivity index (χ0v) is 15.3. The van der Waals surface area contributed by atoms with Crippen LogP contribution in [0.15, 0.2) is 47.4 Å². The highest BCUT2D eigenvalue weighted by Gasteiger charge is 2.29. The number of nitrogens with one attached hydrogen (secondary N) is 1. The summed E-state index contributed by atoms with van der Waals surface area (Å²) in [4.78, 5) is 21.5. The number of hydrogen-bond acceptors (Lipinski definition) is 6. The SMILES string of the molecule is NNC(=O)CN(c1cc(Cl)cc(Cl)c1)S(=O)(=O)c1cccc([N+](=O)[O-])c1. The van der Waals surface area contributed by atoms with Crippen molar-refractivity contribution in [3.05, 3.63) is 62.6 Å². The van der Waals surface area contributed by atoms with Crippen molar-refractivity contribution in [2.45, 2.75) is 4.90 Å². The van der Waals surface area contributed by atoms with Crippen LogP contribution < -0.4 is 15.6 Å². The Hall–Kier alpha value is -2.40. The summed E-state index contributed by atoms with van der Waals surface area (Å²) in [5.41, 5.74) is 1.41. The first-order chi connectivity index (χ1) is 12.1. The van der Waals surface area contributed by atoms with Gasteiger partial charge in [-0.1, -0.05) is 29.3 Å². The van der Waals surface area contributed by atoms with E-state index < -0.39 is 33.1 Å². The number of carbonyl (C=O) groups is 1. The summed E-state index contributed by atoms with van der Waals surface area (Å²) >= 11 is 11.8. The van der Waals surface area contributed by atoms with Crippen molar-refractivity contribution in [3.8, 4) is 0 Å². The second-order valence-electron chi connectivity index (χ2n) is 4.96.